The first-order valence-corrected chi connectivity index (χ1v) is 7.83. The van der Waals surface area contributed by atoms with Crippen LogP contribution in [-0.2, 0) is 9.63 Å². The molecule has 4 nitrogen and oxygen atoms in total. The fraction of sp³-hybridized carbons (Fsp3) is 0.500. The third-order valence-corrected chi connectivity index (χ3v) is 4.45. The zero-order valence-corrected chi connectivity index (χ0v) is 12.8. The number of oxime groups is 1. The number of amides is 1. The number of rotatable bonds is 2. The predicted molar refractivity (Wildman–Crippen MR) is 82.5 cm³/mol. The van der Waals surface area contributed by atoms with E-state index >= 15 is 0 Å². The largest absolute Gasteiger partial charge is 0.381 e. The Morgan fingerprint density at radius 3 is 2.57 bits per heavy atom. The van der Waals surface area contributed by atoms with Crippen LogP contribution in [0.5, 0.6) is 0 Å². The molecule has 0 bridgehead atoms. The van der Waals surface area contributed by atoms with E-state index in [0.29, 0.717) is 5.02 Å². The maximum absolute atomic E-state index is 12.5. The van der Waals surface area contributed by atoms with E-state index in [1.54, 1.807) is 0 Å². The lowest BCUT2D eigenvalue weighted by molar-refractivity contribution is -0.144. The fourth-order valence-corrected chi connectivity index (χ4v) is 3.05. The molecule has 0 radical (unpaired) electrons. The van der Waals surface area contributed by atoms with Crippen molar-refractivity contribution in [1.82, 2.24) is 4.90 Å². The number of carbonyl (C=O) groups excluding carboxylic acids is 1. The van der Waals surface area contributed by atoms with Crippen molar-refractivity contribution >= 4 is 23.2 Å². The first-order chi connectivity index (χ1) is 10.2. The monoisotopic (exact) mass is 306 g/mol. The van der Waals surface area contributed by atoms with Gasteiger partial charge in [0.1, 0.15) is 0 Å². The van der Waals surface area contributed by atoms with Gasteiger partial charge in [0.25, 0.3) is 5.91 Å². The second-order valence-electron chi connectivity index (χ2n) is 5.68. The lowest BCUT2D eigenvalue weighted by Gasteiger charge is -2.29. The summed E-state index contributed by atoms with van der Waals surface area (Å²) in [7, 11) is 0. The normalized spacial score (nSPS) is 25.4. The molecule has 112 valence electrons. The van der Waals surface area contributed by atoms with Gasteiger partial charge in [0.05, 0.1) is 11.6 Å². The summed E-state index contributed by atoms with van der Waals surface area (Å²) in [6.45, 7) is 3.66. The molecule has 2 aliphatic heterocycles. The van der Waals surface area contributed by atoms with Crippen molar-refractivity contribution < 1.29 is 9.63 Å². The molecule has 0 saturated carbocycles. The molecule has 1 amide bonds. The average Bonchev–Trinajstić information content (AvgIpc) is 2.90. The molecular weight excluding hydrogens is 288 g/mol. The van der Waals surface area contributed by atoms with E-state index in [1.807, 2.05) is 36.1 Å². The minimum atomic E-state index is -0.492. The van der Waals surface area contributed by atoms with Crippen LogP contribution in [0, 0.1) is 5.92 Å². The van der Waals surface area contributed by atoms with E-state index in [1.165, 1.54) is 6.42 Å². The van der Waals surface area contributed by atoms with Gasteiger partial charge in [-0.05, 0) is 37.0 Å². The van der Waals surface area contributed by atoms with Crippen molar-refractivity contribution in [3.63, 3.8) is 0 Å². The van der Waals surface area contributed by atoms with Crippen LogP contribution in [0.25, 0.3) is 0 Å². The summed E-state index contributed by atoms with van der Waals surface area (Å²) >= 11 is 5.90. The Morgan fingerprint density at radius 1 is 1.24 bits per heavy atom. The smallest absolute Gasteiger partial charge is 0.267 e. The van der Waals surface area contributed by atoms with Gasteiger partial charge in [0, 0.05) is 18.1 Å². The Kier molecular flexibility index (Phi) is 4.15. The zero-order valence-electron chi connectivity index (χ0n) is 12.1. The first kappa shape index (κ1) is 14.4. The summed E-state index contributed by atoms with van der Waals surface area (Å²) in [5.41, 5.74) is 1.78. The van der Waals surface area contributed by atoms with Gasteiger partial charge in [-0.25, -0.2) is 0 Å². The Bertz CT molecular complexity index is 550. The summed E-state index contributed by atoms with van der Waals surface area (Å²) in [6, 6.07) is 7.47. The van der Waals surface area contributed by atoms with Crippen LogP contribution >= 0.6 is 11.6 Å². The van der Waals surface area contributed by atoms with Gasteiger partial charge in [0.15, 0.2) is 0 Å². The fourth-order valence-electron chi connectivity index (χ4n) is 2.92. The van der Waals surface area contributed by atoms with Crippen LogP contribution in [0.15, 0.2) is 29.4 Å². The van der Waals surface area contributed by atoms with Gasteiger partial charge in [-0.1, -0.05) is 35.8 Å². The summed E-state index contributed by atoms with van der Waals surface area (Å²) < 4.78 is 0. The summed E-state index contributed by atoms with van der Waals surface area (Å²) in [5, 5.41) is 4.83. The highest BCUT2D eigenvalue weighted by Gasteiger charge is 2.39. The summed E-state index contributed by atoms with van der Waals surface area (Å²) in [4.78, 5) is 19.9. The number of nitrogens with zero attached hydrogens (tertiary/aromatic N) is 2. The maximum atomic E-state index is 12.5. The van der Waals surface area contributed by atoms with Crippen LogP contribution in [0.1, 0.15) is 31.7 Å². The molecule has 5 heteroatoms. The number of halogens is 1. The molecule has 1 saturated heterocycles. The molecule has 2 atom stereocenters. The molecule has 0 unspecified atom stereocenters. The van der Waals surface area contributed by atoms with Crippen LogP contribution in [0.2, 0.25) is 5.02 Å². The van der Waals surface area contributed by atoms with Gasteiger partial charge in [-0.15, -0.1) is 0 Å². The standard InChI is InChI=1S/C16H19ClN2O2/c1-11-14(12-5-7-13(17)8-6-12)18-21-15(11)16(20)19-9-3-2-4-10-19/h5-8,11,15H,2-4,9-10H2,1H3/t11-,15-/m0/s1. The molecule has 0 aliphatic carbocycles. The van der Waals surface area contributed by atoms with Crippen molar-refractivity contribution in [2.75, 3.05) is 13.1 Å². The Labute approximate surface area is 129 Å². The van der Waals surface area contributed by atoms with Gasteiger partial charge in [-0.2, -0.15) is 0 Å². The van der Waals surface area contributed by atoms with Crippen LogP contribution in [-0.4, -0.2) is 35.7 Å². The molecule has 2 aliphatic rings. The molecule has 3 rings (SSSR count). The van der Waals surface area contributed by atoms with Crippen molar-refractivity contribution in [1.29, 1.82) is 0 Å². The second-order valence-corrected chi connectivity index (χ2v) is 6.12. The SMILES string of the molecule is C[C@H]1C(c2ccc(Cl)cc2)=NO[C@@H]1C(=O)N1CCCCC1. The highest BCUT2D eigenvalue weighted by atomic mass is 35.5. The van der Waals surface area contributed by atoms with Gasteiger partial charge in [-0.3, -0.25) is 4.79 Å². The van der Waals surface area contributed by atoms with Gasteiger partial charge < -0.3 is 9.74 Å². The van der Waals surface area contributed by atoms with E-state index < -0.39 is 6.10 Å². The highest BCUT2D eigenvalue weighted by molar-refractivity contribution is 6.30. The van der Waals surface area contributed by atoms with Crippen LogP contribution in [0.3, 0.4) is 0 Å². The zero-order chi connectivity index (χ0) is 14.8. The molecule has 0 spiro atoms. The minimum absolute atomic E-state index is 0.0411. The highest BCUT2D eigenvalue weighted by Crippen LogP contribution is 2.26. The third-order valence-electron chi connectivity index (χ3n) is 4.20. The average molecular weight is 307 g/mol. The lowest BCUT2D eigenvalue weighted by Crippen LogP contribution is -2.44. The number of benzene rings is 1. The van der Waals surface area contributed by atoms with Crippen LogP contribution < -0.4 is 0 Å². The molecule has 0 aromatic heterocycles. The summed E-state index contributed by atoms with van der Waals surface area (Å²) in [5.74, 6) is 0.0236. The number of likely N-dealkylation sites (tertiary alicyclic amines) is 1. The number of hydrogen-bond acceptors (Lipinski definition) is 3. The topological polar surface area (TPSA) is 41.9 Å². The Hall–Kier alpha value is -1.55. The van der Waals surface area contributed by atoms with E-state index in [4.69, 9.17) is 16.4 Å². The first-order valence-electron chi connectivity index (χ1n) is 7.45. The minimum Gasteiger partial charge on any atom is -0.381 e. The Morgan fingerprint density at radius 2 is 1.90 bits per heavy atom. The summed E-state index contributed by atoms with van der Waals surface area (Å²) in [6.07, 6.45) is 2.88. The quantitative estimate of drug-likeness (QED) is 0.842. The number of hydrogen-bond donors (Lipinski definition) is 0. The van der Waals surface area contributed by atoms with E-state index in [9.17, 15) is 4.79 Å². The Balaban J connectivity index is 1.71. The molecule has 21 heavy (non-hydrogen) atoms. The van der Waals surface area contributed by atoms with Crippen molar-refractivity contribution in [3.05, 3.63) is 34.9 Å². The third kappa shape index (κ3) is 2.91. The molecule has 1 aromatic rings. The van der Waals surface area contributed by atoms with Crippen molar-refractivity contribution in [2.45, 2.75) is 32.3 Å². The molecule has 2 heterocycles. The van der Waals surface area contributed by atoms with Crippen LogP contribution in [0.4, 0.5) is 0 Å². The maximum Gasteiger partial charge on any atom is 0.267 e. The molecule has 1 aromatic carbocycles. The van der Waals surface area contributed by atoms with E-state index in [0.717, 1.165) is 37.2 Å². The van der Waals surface area contributed by atoms with Crippen molar-refractivity contribution in [3.8, 4) is 0 Å². The van der Waals surface area contributed by atoms with E-state index in [-0.39, 0.29) is 11.8 Å². The number of carbonyl (C=O) groups is 1. The molecular formula is C16H19ClN2O2. The predicted octanol–water partition coefficient (Wildman–Crippen LogP) is 3.09. The van der Waals surface area contributed by atoms with Gasteiger partial charge >= 0.3 is 0 Å². The van der Waals surface area contributed by atoms with E-state index in [2.05, 4.69) is 5.16 Å². The lowest BCUT2D eigenvalue weighted by atomic mass is 9.93. The van der Waals surface area contributed by atoms with Crippen molar-refractivity contribution in [2.24, 2.45) is 11.1 Å². The van der Waals surface area contributed by atoms with Gasteiger partial charge in [0.2, 0.25) is 6.10 Å². The number of piperidine rings is 1. The molecule has 1 fully saturated rings. The molecule has 0 N–H and O–H groups in total. The second kappa shape index (κ2) is 6.06.